The number of aryl methyl sites for hydroxylation is 1. The van der Waals surface area contributed by atoms with Crippen LogP contribution in [0.25, 0.3) is 0 Å². The van der Waals surface area contributed by atoms with E-state index in [1.54, 1.807) is 12.5 Å². The molecule has 0 aliphatic carbocycles. The molecule has 0 amide bonds. The molecule has 122 valence electrons. The van der Waals surface area contributed by atoms with Gasteiger partial charge in [-0.1, -0.05) is 0 Å². The Hall–Kier alpha value is -2.44. The van der Waals surface area contributed by atoms with Crippen molar-refractivity contribution in [2.75, 3.05) is 42.3 Å². The molecule has 2 aromatic heterocycles. The van der Waals surface area contributed by atoms with E-state index in [0.29, 0.717) is 12.0 Å². The minimum atomic E-state index is 0.323. The van der Waals surface area contributed by atoms with Gasteiger partial charge >= 0.3 is 0 Å². The van der Waals surface area contributed by atoms with Crippen LogP contribution >= 0.6 is 0 Å². The number of aromatic nitrogens is 4. The number of piperidine rings is 1. The first kappa shape index (κ1) is 15.5. The quantitative estimate of drug-likeness (QED) is 0.921. The number of hydrogen-bond acceptors (Lipinski definition) is 7. The van der Waals surface area contributed by atoms with Gasteiger partial charge in [0.15, 0.2) is 0 Å². The van der Waals surface area contributed by atoms with Gasteiger partial charge in [0.25, 0.3) is 0 Å². The topological polar surface area (TPSA) is 70.1 Å². The monoisotopic (exact) mass is 313 g/mol. The van der Waals surface area contributed by atoms with Gasteiger partial charge in [-0.05, 0) is 25.8 Å². The first-order chi connectivity index (χ1) is 11.1. The SMILES string of the molecule is Cc1ccnc(NC2CCCN(c3cc(N(C)C)ncn3)C2)n1. The molecule has 3 heterocycles. The zero-order valence-electron chi connectivity index (χ0n) is 13.9. The Kier molecular flexibility index (Phi) is 4.55. The van der Waals surface area contributed by atoms with Crippen molar-refractivity contribution in [1.29, 1.82) is 0 Å². The summed E-state index contributed by atoms with van der Waals surface area (Å²) in [5.74, 6) is 2.60. The average Bonchev–Trinajstić information content (AvgIpc) is 2.55. The van der Waals surface area contributed by atoms with Crippen LogP contribution in [-0.4, -0.2) is 53.2 Å². The molecular formula is C16H23N7. The predicted molar refractivity (Wildman–Crippen MR) is 92.0 cm³/mol. The summed E-state index contributed by atoms with van der Waals surface area (Å²) in [5.41, 5.74) is 0.974. The van der Waals surface area contributed by atoms with Gasteiger partial charge in [0.1, 0.15) is 18.0 Å². The molecule has 1 saturated heterocycles. The van der Waals surface area contributed by atoms with E-state index in [2.05, 4.69) is 30.2 Å². The molecule has 1 aliphatic rings. The van der Waals surface area contributed by atoms with Crippen molar-refractivity contribution in [2.45, 2.75) is 25.8 Å². The van der Waals surface area contributed by atoms with Crippen LogP contribution in [0.4, 0.5) is 17.6 Å². The van der Waals surface area contributed by atoms with Gasteiger partial charge < -0.3 is 15.1 Å². The number of rotatable bonds is 4. The molecule has 0 radical (unpaired) electrons. The zero-order valence-corrected chi connectivity index (χ0v) is 13.9. The van der Waals surface area contributed by atoms with E-state index in [1.165, 1.54) is 0 Å². The number of nitrogens with zero attached hydrogens (tertiary/aromatic N) is 6. The summed E-state index contributed by atoms with van der Waals surface area (Å²) in [6.07, 6.45) is 5.65. The summed E-state index contributed by atoms with van der Waals surface area (Å²) < 4.78 is 0. The predicted octanol–water partition coefficient (Wildman–Crippen LogP) is 1.72. The van der Waals surface area contributed by atoms with Crippen molar-refractivity contribution in [3.63, 3.8) is 0 Å². The Morgan fingerprint density at radius 3 is 2.91 bits per heavy atom. The van der Waals surface area contributed by atoms with E-state index in [1.807, 2.05) is 38.1 Å². The zero-order chi connectivity index (χ0) is 16.2. The molecule has 7 nitrogen and oxygen atoms in total. The van der Waals surface area contributed by atoms with Crippen molar-refractivity contribution in [1.82, 2.24) is 19.9 Å². The Bertz CT molecular complexity index is 658. The van der Waals surface area contributed by atoms with E-state index in [4.69, 9.17) is 0 Å². The number of nitrogens with one attached hydrogen (secondary N) is 1. The molecule has 0 bridgehead atoms. The Balaban J connectivity index is 1.69. The van der Waals surface area contributed by atoms with Gasteiger partial charge in [0.2, 0.25) is 5.95 Å². The van der Waals surface area contributed by atoms with Crippen molar-refractivity contribution < 1.29 is 0 Å². The lowest BCUT2D eigenvalue weighted by molar-refractivity contribution is 0.524. The lowest BCUT2D eigenvalue weighted by atomic mass is 10.1. The normalized spacial score (nSPS) is 17.9. The third-order valence-electron chi connectivity index (χ3n) is 3.97. The van der Waals surface area contributed by atoms with E-state index in [-0.39, 0.29) is 0 Å². The van der Waals surface area contributed by atoms with Gasteiger partial charge in [-0.25, -0.2) is 19.9 Å². The summed E-state index contributed by atoms with van der Waals surface area (Å²) in [6, 6.07) is 4.26. The number of hydrogen-bond donors (Lipinski definition) is 1. The first-order valence-electron chi connectivity index (χ1n) is 7.92. The third-order valence-corrected chi connectivity index (χ3v) is 3.97. The molecule has 1 fully saturated rings. The van der Waals surface area contributed by atoms with Crippen molar-refractivity contribution in [3.8, 4) is 0 Å². The highest BCUT2D eigenvalue weighted by Gasteiger charge is 2.22. The van der Waals surface area contributed by atoms with Gasteiger partial charge in [0, 0.05) is 51.2 Å². The van der Waals surface area contributed by atoms with Crippen LogP contribution in [0.2, 0.25) is 0 Å². The summed E-state index contributed by atoms with van der Waals surface area (Å²) in [5, 5.41) is 3.44. The molecule has 0 aromatic carbocycles. The van der Waals surface area contributed by atoms with Crippen LogP contribution in [0, 0.1) is 6.92 Å². The molecule has 0 spiro atoms. The Morgan fingerprint density at radius 1 is 1.26 bits per heavy atom. The molecule has 3 rings (SSSR count). The average molecular weight is 313 g/mol. The second-order valence-corrected chi connectivity index (χ2v) is 6.08. The first-order valence-corrected chi connectivity index (χ1v) is 7.92. The Labute approximate surface area is 136 Å². The maximum absolute atomic E-state index is 4.43. The molecule has 1 atom stereocenters. The molecule has 7 heteroatoms. The molecule has 1 aliphatic heterocycles. The molecule has 1 unspecified atom stereocenters. The summed E-state index contributed by atoms with van der Waals surface area (Å²) in [6.45, 7) is 3.88. The van der Waals surface area contributed by atoms with Gasteiger partial charge in [-0.3, -0.25) is 0 Å². The van der Waals surface area contributed by atoms with E-state index < -0.39 is 0 Å². The van der Waals surface area contributed by atoms with Crippen LogP contribution in [0.5, 0.6) is 0 Å². The van der Waals surface area contributed by atoms with Gasteiger partial charge in [-0.15, -0.1) is 0 Å². The van der Waals surface area contributed by atoms with Crippen LogP contribution in [0.3, 0.4) is 0 Å². The van der Waals surface area contributed by atoms with E-state index in [0.717, 1.165) is 43.3 Å². The van der Waals surface area contributed by atoms with Crippen LogP contribution in [-0.2, 0) is 0 Å². The minimum absolute atomic E-state index is 0.323. The second-order valence-electron chi connectivity index (χ2n) is 6.08. The van der Waals surface area contributed by atoms with Gasteiger partial charge in [-0.2, -0.15) is 0 Å². The fraction of sp³-hybridized carbons (Fsp3) is 0.500. The maximum Gasteiger partial charge on any atom is 0.223 e. The van der Waals surface area contributed by atoms with Crippen LogP contribution in [0.15, 0.2) is 24.7 Å². The largest absolute Gasteiger partial charge is 0.363 e. The lowest BCUT2D eigenvalue weighted by Crippen LogP contribution is -2.42. The van der Waals surface area contributed by atoms with E-state index >= 15 is 0 Å². The smallest absolute Gasteiger partial charge is 0.223 e. The lowest BCUT2D eigenvalue weighted by Gasteiger charge is -2.34. The highest BCUT2D eigenvalue weighted by Crippen LogP contribution is 2.21. The molecule has 0 saturated carbocycles. The maximum atomic E-state index is 4.43. The highest BCUT2D eigenvalue weighted by molar-refractivity contribution is 5.50. The van der Waals surface area contributed by atoms with Gasteiger partial charge in [0.05, 0.1) is 0 Å². The fourth-order valence-electron chi connectivity index (χ4n) is 2.76. The molecule has 1 N–H and O–H groups in total. The summed E-state index contributed by atoms with van der Waals surface area (Å²) >= 11 is 0. The van der Waals surface area contributed by atoms with Crippen molar-refractivity contribution in [3.05, 3.63) is 30.4 Å². The summed E-state index contributed by atoms with van der Waals surface area (Å²) in [4.78, 5) is 21.7. The molecule has 2 aromatic rings. The van der Waals surface area contributed by atoms with Crippen LogP contribution < -0.4 is 15.1 Å². The minimum Gasteiger partial charge on any atom is -0.363 e. The third kappa shape index (κ3) is 3.85. The standard InChI is InChI=1S/C16H23N7/c1-12-6-7-17-16(20-12)21-13-5-4-8-23(10-13)15-9-14(22(2)3)18-11-19-15/h6-7,9,11,13H,4-5,8,10H2,1-3H3,(H,17,20,21). The van der Waals surface area contributed by atoms with Crippen molar-refractivity contribution >= 4 is 17.6 Å². The van der Waals surface area contributed by atoms with E-state index in [9.17, 15) is 0 Å². The van der Waals surface area contributed by atoms with Crippen molar-refractivity contribution in [2.24, 2.45) is 0 Å². The Morgan fingerprint density at radius 2 is 2.13 bits per heavy atom. The fourth-order valence-corrected chi connectivity index (χ4v) is 2.76. The highest BCUT2D eigenvalue weighted by atomic mass is 15.2. The molecule has 23 heavy (non-hydrogen) atoms. The second kappa shape index (κ2) is 6.76. The molecular weight excluding hydrogens is 290 g/mol. The van der Waals surface area contributed by atoms with Crippen LogP contribution in [0.1, 0.15) is 18.5 Å². The number of anilines is 3. The summed E-state index contributed by atoms with van der Waals surface area (Å²) in [7, 11) is 3.98.